The largest absolute Gasteiger partial charge is 0.380 e. The van der Waals surface area contributed by atoms with Crippen LogP contribution < -0.4 is 0 Å². The molecule has 0 amide bonds. The number of allylic oxidation sites excluding steroid dienone is 5. The average molecular weight is 306 g/mol. The standard InChI is InChI=1S/C22H26O/c1-16-13-14-21(18(3)15-16)22(23,19-10-5-4-6-11-19)20-12-8-7-9-17(20)2/h4-12,14-17,20,23H,13H2,1-3H3. The minimum Gasteiger partial charge on any atom is -0.380 e. The van der Waals surface area contributed by atoms with Crippen molar-refractivity contribution in [2.45, 2.75) is 32.8 Å². The molecule has 4 unspecified atom stereocenters. The minimum atomic E-state index is -0.983. The fourth-order valence-electron chi connectivity index (χ4n) is 3.96. The van der Waals surface area contributed by atoms with Crippen LogP contribution in [0.2, 0.25) is 0 Å². The third kappa shape index (κ3) is 2.86. The van der Waals surface area contributed by atoms with Crippen LogP contribution in [0.25, 0.3) is 0 Å². The Kier molecular flexibility index (Phi) is 4.41. The van der Waals surface area contributed by atoms with Gasteiger partial charge < -0.3 is 5.11 Å². The van der Waals surface area contributed by atoms with Crippen LogP contribution in [-0.2, 0) is 5.60 Å². The van der Waals surface area contributed by atoms with Gasteiger partial charge in [-0.3, -0.25) is 0 Å². The number of benzene rings is 1. The van der Waals surface area contributed by atoms with Gasteiger partial charge in [-0.25, -0.2) is 0 Å². The van der Waals surface area contributed by atoms with E-state index in [-0.39, 0.29) is 5.92 Å². The van der Waals surface area contributed by atoms with Gasteiger partial charge in [0.2, 0.25) is 0 Å². The maximum absolute atomic E-state index is 12.0. The van der Waals surface area contributed by atoms with E-state index in [1.165, 1.54) is 5.57 Å². The molecule has 0 heterocycles. The minimum absolute atomic E-state index is 0.0397. The Balaban J connectivity index is 2.14. The Bertz CT molecular complexity index is 677. The van der Waals surface area contributed by atoms with Crippen LogP contribution >= 0.6 is 0 Å². The molecule has 3 rings (SSSR count). The molecule has 2 aliphatic rings. The molecule has 2 aliphatic carbocycles. The van der Waals surface area contributed by atoms with Crippen LogP contribution in [0.5, 0.6) is 0 Å². The third-order valence-electron chi connectivity index (χ3n) is 5.17. The first-order chi connectivity index (χ1) is 11.0. The average Bonchev–Trinajstić information content (AvgIpc) is 2.55. The molecule has 1 heteroatoms. The highest BCUT2D eigenvalue weighted by molar-refractivity contribution is 5.47. The van der Waals surface area contributed by atoms with Crippen LogP contribution in [0.15, 0.2) is 77.9 Å². The van der Waals surface area contributed by atoms with Gasteiger partial charge in [-0.2, -0.15) is 0 Å². The van der Waals surface area contributed by atoms with Crippen molar-refractivity contribution in [3.05, 3.63) is 83.5 Å². The molecular weight excluding hydrogens is 280 g/mol. The van der Waals surface area contributed by atoms with E-state index in [1.807, 2.05) is 30.3 Å². The summed E-state index contributed by atoms with van der Waals surface area (Å²) in [6.07, 6.45) is 14.0. The van der Waals surface area contributed by atoms with Crippen LogP contribution in [0.1, 0.15) is 32.8 Å². The molecule has 0 aliphatic heterocycles. The van der Waals surface area contributed by atoms with Crippen molar-refractivity contribution in [3.8, 4) is 0 Å². The predicted molar refractivity (Wildman–Crippen MR) is 96.9 cm³/mol. The lowest BCUT2D eigenvalue weighted by atomic mass is 9.66. The first kappa shape index (κ1) is 16.0. The summed E-state index contributed by atoms with van der Waals surface area (Å²) in [6, 6.07) is 10.1. The number of hydrogen-bond donors (Lipinski definition) is 1. The van der Waals surface area contributed by atoms with Gasteiger partial charge in [0.25, 0.3) is 0 Å². The maximum Gasteiger partial charge on any atom is 0.121 e. The molecule has 0 saturated carbocycles. The Morgan fingerprint density at radius 3 is 2.39 bits per heavy atom. The summed E-state index contributed by atoms with van der Waals surface area (Å²) in [4.78, 5) is 0. The number of aliphatic hydroxyl groups is 1. The Labute approximate surface area is 139 Å². The van der Waals surface area contributed by atoms with Gasteiger partial charge in [-0.05, 0) is 41.9 Å². The number of hydrogen-bond acceptors (Lipinski definition) is 1. The highest BCUT2D eigenvalue weighted by atomic mass is 16.3. The maximum atomic E-state index is 12.0. The monoisotopic (exact) mass is 306 g/mol. The van der Waals surface area contributed by atoms with E-state index in [4.69, 9.17) is 0 Å². The van der Waals surface area contributed by atoms with E-state index < -0.39 is 5.60 Å². The van der Waals surface area contributed by atoms with Crippen molar-refractivity contribution < 1.29 is 5.11 Å². The van der Waals surface area contributed by atoms with Crippen molar-refractivity contribution in [3.63, 3.8) is 0 Å². The lowest BCUT2D eigenvalue weighted by molar-refractivity contribution is 0.0189. The molecule has 0 saturated heterocycles. The van der Waals surface area contributed by atoms with E-state index in [0.717, 1.165) is 17.6 Å². The Morgan fingerprint density at radius 2 is 1.74 bits per heavy atom. The Hall–Kier alpha value is -1.86. The van der Waals surface area contributed by atoms with Crippen molar-refractivity contribution in [2.24, 2.45) is 17.8 Å². The van der Waals surface area contributed by atoms with Crippen LogP contribution in [0.4, 0.5) is 0 Å². The summed E-state index contributed by atoms with van der Waals surface area (Å²) < 4.78 is 0. The molecule has 1 N–H and O–H groups in total. The molecular formula is C22H26O. The quantitative estimate of drug-likeness (QED) is 0.817. The first-order valence-electron chi connectivity index (χ1n) is 8.55. The van der Waals surface area contributed by atoms with E-state index in [1.54, 1.807) is 0 Å². The molecule has 120 valence electrons. The van der Waals surface area contributed by atoms with Crippen molar-refractivity contribution in [1.82, 2.24) is 0 Å². The molecule has 1 aromatic carbocycles. The molecule has 23 heavy (non-hydrogen) atoms. The van der Waals surface area contributed by atoms with E-state index >= 15 is 0 Å². The fraction of sp³-hybridized carbons (Fsp3) is 0.364. The van der Waals surface area contributed by atoms with Gasteiger partial charge in [0, 0.05) is 5.92 Å². The van der Waals surface area contributed by atoms with Crippen LogP contribution in [-0.4, -0.2) is 5.11 Å². The molecule has 0 aromatic heterocycles. The highest BCUT2D eigenvalue weighted by Crippen LogP contribution is 2.46. The molecule has 1 nitrogen and oxygen atoms in total. The van der Waals surface area contributed by atoms with E-state index in [9.17, 15) is 5.11 Å². The molecule has 0 radical (unpaired) electrons. The zero-order chi connectivity index (χ0) is 16.4. The molecule has 4 atom stereocenters. The van der Waals surface area contributed by atoms with Crippen molar-refractivity contribution in [1.29, 1.82) is 0 Å². The highest BCUT2D eigenvalue weighted by Gasteiger charge is 2.43. The molecule has 1 aromatic rings. The van der Waals surface area contributed by atoms with Gasteiger partial charge in [0.15, 0.2) is 0 Å². The van der Waals surface area contributed by atoms with Gasteiger partial charge in [0.1, 0.15) is 5.60 Å². The first-order valence-corrected chi connectivity index (χ1v) is 8.55. The second kappa shape index (κ2) is 6.33. The summed E-state index contributed by atoms with van der Waals surface area (Å²) in [5, 5.41) is 12.0. The van der Waals surface area contributed by atoms with Crippen molar-refractivity contribution in [2.75, 3.05) is 0 Å². The van der Waals surface area contributed by atoms with Gasteiger partial charge in [-0.1, -0.05) is 80.6 Å². The van der Waals surface area contributed by atoms with Crippen LogP contribution in [0, 0.1) is 17.8 Å². The predicted octanol–water partition coefficient (Wildman–Crippen LogP) is 5.17. The summed E-state index contributed by atoms with van der Waals surface area (Å²) in [6.45, 7) is 6.54. The number of rotatable bonds is 3. The lowest BCUT2D eigenvalue weighted by Gasteiger charge is -2.42. The molecule has 0 spiro atoms. The third-order valence-corrected chi connectivity index (χ3v) is 5.17. The smallest absolute Gasteiger partial charge is 0.121 e. The van der Waals surface area contributed by atoms with Gasteiger partial charge in [-0.15, -0.1) is 0 Å². The van der Waals surface area contributed by atoms with Crippen LogP contribution in [0.3, 0.4) is 0 Å². The van der Waals surface area contributed by atoms with E-state index in [0.29, 0.717) is 11.8 Å². The van der Waals surface area contributed by atoms with Gasteiger partial charge in [0.05, 0.1) is 0 Å². The summed E-state index contributed by atoms with van der Waals surface area (Å²) >= 11 is 0. The molecule has 0 bridgehead atoms. The van der Waals surface area contributed by atoms with E-state index in [2.05, 4.69) is 57.2 Å². The summed E-state index contributed by atoms with van der Waals surface area (Å²) in [7, 11) is 0. The summed E-state index contributed by atoms with van der Waals surface area (Å²) in [5.41, 5.74) is 2.26. The SMILES string of the molecule is CC1=CC(C)CC=C1C(O)(c1ccccc1)C1C=CC=CC1C. The summed E-state index contributed by atoms with van der Waals surface area (Å²) in [5.74, 6) is 0.870. The normalized spacial score (nSPS) is 29.7. The van der Waals surface area contributed by atoms with Gasteiger partial charge >= 0.3 is 0 Å². The fourth-order valence-corrected chi connectivity index (χ4v) is 3.96. The lowest BCUT2D eigenvalue weighted by Crippen LogP contribution is -2.40. The Morgan fingerprint density at radius 1 is 1.04 bits per heavy atom. The second-order valence-corrected chi connectivity index (χ2v) is 6.97. The molecule has 0 fully saturated rings. The second-order valence-electron chi connectivity index (χ2n) is 6.97. The zero-order valence-corrected chi connectivity index (χ0v) is 14.2. The van der Waals surface area contributed by atoms with Crippen molar-refractivity contribution >= 4 is 0 Å². The topological polar surface area (TPSA) is 20.2 Å². The zero-order valence-electron chi connectivity index (χ0n) is 14.2.